The number of hydrogen-bond donors (Lipinski definition) is 1. The molecule has 0 saturated carbocycles. The van der Waals surface area contributed by atoms with Crippen LogP contribution in [0.3, 0.4) is 0 Å². The van der Waals surface area contributed by atoms with Gasteiger partial charge in [0.05, 0.1) is 0 Å². The number of hydrogen-bond acceptors (Lipinski definition) is 3. The number of rotatable bonds is 3. The molecule has 2 unspecified atom stereocenters. The minimum absolute atomic E-state index is 0.129. The van der Waals surface area contributed by atoms with Crippen LogP contribution in [-0.4, -0.2) is 34.0 Å². The molecule has 14 heavy (non-hydrogen) atoms. The first-order chi connectivity index (χ1) is 6.20. The fourth-order valence-electron chi connectivity index (χ4n) is 0.902. The highest BCUT2D eigenvalue weighted by Gasteiger charge is 2.17. The molecule has 2 atom stereocenters. The van der Waals surface area contributed by atoms with E-state index in [4.69, 9.17) is 4.74 Å². The standard InChI is InChI=1S/C9H19NO3S/c1-7(6-14(5)12)10-8(11)13-9(2,3)4/h7H,6H2,1-5H3,(H,10,11). The highest BCUT2D eigenvalue weighted by Crippen LogP contribution is 2.06. The highest BCUT2D eigenvalue weighted by atomic mass is 32.2. The van der Waals surface area contributed by atoms with E-state index in [1.54, 1.807) is 34.0 Å². The monoisotopic (exact) mass is 221 g/mol. The molecule has 0 aromatic carbocycles. The molecule has 0 heterocycles. The zero-order valence-corrected chi connectivity index (χ0v) is 10.2. The molecule has 0 radical (unpaired) electrons. The maximum absolute atomic E-state index is 11.2. The SMILES string of the molecule is CC(CS(C)=O)NC(=O)OC(C)(C)C. The Labute approximate surface area is 87.9 Å². The third-order valence-corrected chi connectivity index (χ3v) is 2.22. The largest absolute Gasteiger partial charge is 0.444 e. The first kappa shape index (κ1) is 13.4. The molecular weight excluding hydrogens is 202 g/mol. The summed E-state index contributed by atoms with van der Waals surface area (Å²) in [6.07, 6.45) is 1.14. The summed E-state index contributed by atoms with van der Waals surface area (Å²) in [4.78, 5) is 11.2. The average molecular weight is 221 g/mol. The Hall–Kier alpha value is -0.580. The van der Waals surface area contributed by atoms with Gasteiger partial charge in [0, 0.05) is 28.9 Å². The summed E-state index contributed by atoms with van der Waals surface area (Å²) in [5.74, 6) is 0.444. The van der Waals surface area contributed by atoms with Gasteiger partial charge in [0.2, 0.25) is 0 Å². The Balaban J connectivity index is 3.89. The predicted octanol–water partition coefficient (Wildman–Crippen LogP) is 1.28. The summed E-state index contributed by atoms with van der Waals surface area (Å²) < 4.78 is 15.9. The summed E-state index contributed by atoms with van der Waals surface area (Å²) in [6.45, 7) is 7.20. The van der Waals surface area contributed by atoms with E-state index in [2.05, 4.69) is 5.32 Å². The van der Waals surface area contributed by atoms with E-state index >= 15 is 0 Å². The molecule has 0 saturated heterocycles. The number of ether oxygens (including phenoxy) is 1. The second-order valence-corrected chi connectivity index (χ2v) is 5.77. The van der Waals surface area contributed by atoms with E-state index < -0.39 is 22.5 Å². The van der Waals surface area contributed by atoms with E-state index in [0.717, 1.165) is 0 Å². The van der Waals surface area contributed by atoms with Gasteiger partial charge in [-0.05, 0) is 27.7 Å². The van der Waals surface area contributed by atoms with Crippen LogP contribution < -0.4 is 5.32 Å². The lowest BCUT2D eigenvalue weighted by molar-refractivity contribution is 0.0513. The number of carbonyl (C=O) groups excluding carboxylic acids is 1. The molecule has 0 aromatic rings. The smallest absolute Gasteiger partial charge is 0.407 e. The van der Waals surface area contributed by atoms with Gasteiger partial charge >= 0.3 is 6.09 Å². The Morgan fingerprint density at radius 1 is 1.50 bits per heavy atom. The lowest BCUT2D eigenvalue weighted by Crippen LogP contribution is -2.40. The maximum Gasteiger partial charge on any atom is 0.407 e. The highest BCUT2D eigenvalue weighted by molar-refractivity contribution is 7.84. The number of nitrogens with one attached hydrogen (secondary N) is 1. The van der Waals surface area contributed by atoms with Crippen LogP contribution in [0.25, 0.3) is 0 Å². The zero-order chi connectivity index (χ0) is 11.4. The summed E-state index contributed by atoms with van der Waals surface area (Å²) in [6, 6.07) is -0.129. The topological polar surface area (TPSA) is 55.4 Å². The van der Waals surface area contributed by atoms with Gasteiger partial charge < -0.3 is 10.1 Å². The number of alkyl carbamates (subject to hydrolysis) is 1. The Bertz CT molecular complexity index is 223. The van der Waals surface area contributed by atoms with Gasteiger partial charge in [-0.25, -0.2) is 4.79 Å². The number of carbonyl (C=O) groups is 1. The van der Waals surface area contributed by atoms with Gasteiger partial charge in [0.1, 0.15) is 5.60 Å². The average Bonchev–Trinajstić information content (AvgIpc) is 1.77. The lowest BCUT2D eigenvalue weighted by Gasteiger charge is -2.21. The Morgan fingerprint density at radius 3 is 2.36 bits per heavy atom. The fourth-order valence-corrected chi connectivity index (χ4v) is 1.69. The second-order valence-electron chi connectivity index (χ2n) is 4.29. The molecule has 0 aliphatic rings. The van der Waals surface area contributed by atoms with Crippen LogP contribution in [-0.2, 0) is 15.5 Å². The number of amides is 1. The van der Waals surface area contributed by atoms with Crippen molar-refractivity contribution in [1.82, 2.24) is 5.32 Å². The van der Waals surface area contributed by atoms with Gasteiger partial charge in [-0.15, -0.1) is 0 Å². The fraction of sp³-hybridized carbons (Fsp3) is 0.889. The van der Waals surface area contributed by atoms with Gasteiger partial charge in [0.25, 0.3) is 0 Å². The van der Waals surface area contributed by atoms with Crippen molar-refractivity contribution in [3.05, 3.63) is 0 Å². The van der Waals surface area contributed by atoms with E-state index in [-0.39, 0.29) is 6.04 Å². The second kappa shape index (κ2) is 5.34. The summed E-state index contributed by atoms with van der Waals surface area (Å²) in [5.41, 5.74) is -0.491. The molecule has 84 valence electrons. The van der Waals surface area contributed by atoms with Crippen molar-refractivity contribution < 1.29 is 13.7 Å². The van der Waals surface area contributed by atoms with Gasteiger partial charge in [-0.3, -0.25) is 4.21 Å². The molecule has 0 fully saturated rings. The third-order valence-electron chi connectivity index (χ3n) is 1.25. The third kappa shape index (κ3) is 8.04. The summed E-state index contributed by atoms with van der Waals surface area (Å²) in [5, 5.41) is 2.61. The van der Waals surface area contributed by atoms with Crippen molar-refractivity contribution >= 4 is 16.9 Å². The van der Waals surface area contributed by atoms with Crippen molar-refractivity contribution in [3.63, 3.8) is 0 Å². The maximum atomic E-state index is 11.2. The first-order valence-electron chi connectivity index (χ1n) is 4.50. The molecule has 5 heteroatoms. The van der Waals surface area contributed by atoms with Crippen LogP contribution in [0, 0.1) is 0 Å². The first-order valence-corrected chi connectivity index (χ1v) is 6.23. The van der Waals surface area contributed by atoms with Crippen molar-refractivity contribution in [1.29, 1.82) is 0 Å². The van der Waals surface area contributed by atoms with Crippen molar-refractivity contribution in [2.75, 3.05) is 12.0 Å². The van der Waals surface area contributed by atoms with E-state index in [1.165, 1.54) is 0 Å². The molecule has 1 amide bonds. The summed E-state index contributed by atoms with van der Waals surface area (Å²) >= 11 is 0. The van der Waals surface area contributed by atoms with Gasteiger partial charge in [-0.2, -0.15) is 0 Å². The van der Waals surface area contributed by atoms with Gasteiger partial charge in [-0.1, -0.05) is 0 Å². The quantitative estimate of drug-likeness (QED) is 0.781. The molecule has 0 aliphatic heterocycles. The lowest BCUT2D eigenvalue weighted by atomic mass is 10.2. The van der Waals surface area contributed by atoms with Crippen LogP contribution in [0.1, 0.15) is 27.7 Å². The van der Waals surface area contributed by atoms with Crippen LogP contribution in [0.2, 0.25) is 0 Å². The molecule has 0 spiro atoms. The predicted molar refractivity (Wildman–Crippen MR) is 57.8 cm³/mol. The van der Waals surface area contributed by atoms with E-state index in [9.17, 15) is 9.00 Å². The summed E-state index contributed by atoms with van der Waals surface area (Å²) in [7, 11) is -0.905. The molecule has 1 N–H and O–H groups in total. The van der Waals surface area contributed by atoms with Crippen molar-refractivity contribution in [3.8, 4) is 0 Å². The van der Waals surface area contributed by atoms with Crippen LogP contribution in [0.15, 0.2) is 0 Å². The van der Waals surface area contributed by atoms with Crippen molar-refractivity contribution in [2.45, 2.75) is 39.3 Å². The minimum atomic E-state index is -0.905. The normalized spacial score (nSPS) is 15.8. The zero-order valence-electron chi connectivity index (χ0n) is 9.42. The van der Waals surface area contributed by atoms with Crippen molar-refractivity contribution in [2.24, 2.45) is 0 Å². The Kier molecular flexibility index (Phi) is 5.12. The van der Waals surface area contributed by atoms with Crippen LogP contribution >= 0.6 is 0 Å². The molecule has 0 aromatic heterocycles. The Morgan fingerprint density at radius 2 is 2.00 bits per heavy atom. The molecular formula is C9H19NO3S. The van der Waals surface area contributed by atoms with Crippen LogP contribution in [0.5, 0.6) is 0 Å². The molecule has 0 aliphatic carbocycles. The molecule has 4 nitrogen and oxygen atoms in total. The van der Waals surface area contributed by atoms with E-state index in [1.807, 2.05) is 0 Å². The van der Waals surface area contributed by atoms with E-state index in [0.29, 0.717) is 5.75 Å². The van der Waals surface area contributed by atoms with Gasteiger partial charge in [0.15, 0.2) is 0 Å². The van der Waals surface area contributed by atoms with Crippen LogP contribution in [0.4, 0.5) is 4.79 Å². The minimum Gasteiger partial charge on any atom is -0.444 e. The molecule has 0 bridgehead atoms. The molecule has 0 rings (SSSR count).